The molecule has 1 saturated carbocycles. The number of aromatic nitrogens is 2. The number of nitrogens with one attached hydrogen (secondary N) is 1. The van der Waals surface area contributed by atoms with Crippen molar-refractivity contribution in [1.29, 1.82) is 5.26 Å². The fourth-order valence-corrected chi connectivity index (χ4v) is 5.39. The van der Waals surface area contributed by atoms with Gasteiger partial charge in [-0.2, -0.15) is 18.4 Å². The standard InChI is InChI=1S/C31H28F3N5O2/c32-31(33,34)24-9-10-27(36-18-24)39-12-1-2-19(11-13-39)17-37-29(40)22-5-7-23(8-6-22)30-38-26-15-20(16-35)14-25(21-3-4-21)28(26)41-30/h5-10,14-15,18-19,21H,1-4,11-13,17H2,(H,37,40). The second-order valence-electron chi connectivity index (χ2n) is 10.8. The maximum absolute atomic E-state index is 12.9. The molecule has 1 aliphatic carbocycles. The molecule has 1 saturated heterocycles. The highest BCUT2D eigenvalue weighted by molar-refractivity contribution is 5.94. The zero-order valence-electron chi connectivity index (χ0n) is 22.2. The van der Waals surface area contributed by atoms with Crippen LogP contribution in [0, 0.1) is 17.2 Å². The molecular formula is C31H28F3N5O2. The Morgan fingerprint density at radius 3 is 2.56 bits per heavy atom. The van der Waals surface area contributed by atoms with Crippen LogP contribution in [0.2, 0.25) is 0 Å². The van der Waals surface area contributed by atoms with Gasteiger partial charge in [-0.1, -0.05) is 0 Å². The molecule has 3 heterocycles. The Kier molecular flexibility index (Phi) is 7.12. The summed E-state index contributed by atoms with van der Waals surface area (Å²) in [5, 5.41) is 12.4. The van der Waals surface area contributed by atoms with Gasteiger partial charge in [0.2, 0.25) is 5.89 Å². The molecule has 1 aliphatic heterocycles. The predicted octanol–water partition coefficient (Wildman–Crippen LogP) is 6.69. The van der Waals surface area contributed by atoms with E-state index < -0.39 is 11.7 Å². The molecule has 2 aromatic heterocycles. The molecular weight excluding hydrogens is 531 g/mol. The Bertz CT molecular complexity index is 1600. The number of hydrogen-bond donors (Lipinski definition) is 1. The number of anilines is 1. The van der Waals surface area contributed by atoms with Gasteiger partial charge in [-0.05, 0) is 92.5 Å². The monoisotopic (exact) mass is 559 g/mol. The van der Waals surface area contributed by atoms with Crippen LogP contribution in [-0.2, 0) is 6.18 Å². The summed E-state index contributed by atoms with van der Waals surface area (Å²) in [4.78, 5) is 23.5. The third-order valence-electron chi connectivity index (χ3n) is 7.86. The van der Waals surface area contributed by atoms with Crippen molar-refractivity contribution >= 4 is 22.8 Å². The molecule has 1 amide bonds. The average Bonchev–Trinajstić information content (AvgIpc) is 3.77. The van der Waals surface area contributed by atoms with E-state index in [-0.39, 0.29) is 11.8 Å². The molecule has 41 heavy (non-hydrogen) atoms. The lowest BCUT2D eigenvalue weighted by Crippen LogP contribution is -2.30. The van der Waals surface area contributed by atoms with Gasteiger partial charge in [-0.3, -0.25) is 4.79 Å². The van der Waals surface area contributed by atoms with E-state index in [4.69, 9.17) is 4.42 Å². The molecule has 10 heteroatoms. The number of oxazole rings is 1. The van der Waals surface area contributed by atoms with Crippen LogP contribution in [0.15, 0.2) is 59.1 Å². The molecule has 1 unspecified atom stereocenters. The van der Waals surface area contributed by atoms with Gasteiger partial charge in [0.15, 0.2) is 5.58 Å². The van der Waals surface area contributed by atoms with Crippen LogP contribution in [0.4, 0.5) is 19.0 Å². The van der Waals surface area contributed by atoms with Crippen molar-refractivity contribution in [2.75, 3.05) is 24.5 Å². The number of rotatable bonds is 6. The van der Waals surface area contributed by atoms with Crippen molar-refractivity contribution in [2.24, 2.45) is 5.92 Å². The number of carbonyl (C=O) groups excluding carboxylic acids is 1. The van der Waals surface area contributed by atoms with E-state index in [0.717, 1.165) is 61.1 Å². The van der Waals surface area contributed by atoms with Gasteiger partial charge >= 0.3 is 6.18 Å². The molecule has 6 rings (SSSR count). The number of fused-ring (bicyclic) bond motifs is 1. The highest BCUT2D eigenvalue weighted by atomic mass is 19.4. The van der Waals surface area contributed by atoms with Gasteiger partial charge in [-0.15, -0.1) is 0 Å². The van der Waals surface area contributed by atoms with Gasteiger partial charge in [-0.25, -0.2) is 9.97 Å². The summed E-state index contributed by atoms with van der Waals surface area (Å²) >= 11 is 0. The van der Waals surface area contributed by atoms with Gasteiger partial charge in [0, 0.05) is 42.5 Å². The second kappa shape index (κ2) is 10.9. The van der Waals surface area contributed by atoms with E-state index in [1.807, 2.05) is 23.1 Å². The summed E-state index contributed by atoms with van der Waals surface area (Å²) in [5.41, 5.74) is 3.52. The summed E-state index contributed by atoms with van der Waals surface area (Å²) in [6.07, 6.45) is 1.21. The molecule has 0 spiro atoms. The Morgan fingerprint density at radius 2 is 1.88 bits per heavy atom. The van der Waals surface area contributed by atoms with Crippen LogP contribution in [0.5, 0.6) is 0 Å². The molecule has 2 fully saturated rings. The summed E-state index contributed by atoms with van der Waals surface area (Å²) in [6, 6.07) is 15.4. The molecule has 2 aromatic carbocycles. The molecule has 1 N–H and O–H groups in total. The van der Waals surface area contributed by atoms with E-state index in [1.165, 1.54) is 6.07 Å². The highest BCUT2D eigenvalue weighted by Crippen LogP contribution is 2.44. The zero-order valence-corrected chi connectivity index (χ0v) is 22.2. The number of nitrogens with zero attached hydrogens (tertiary/aromatic N) is 4. The normalized spacial score (nSPS) is 17.7. The van der Waals surface area contributed by atoms with Gasteiger partial charge < -0.3 is 14.6 Å². The molecule has 7 nitrogen and oxygen atoms in total. The molecule has 1 atom stereocenters. The fraction of sp³-hybridized carbons (Fsp3) is 0.355. The zero-order chi connectivity index (χ0) is 28.6. The largest absolute Gasteiger partial charge is 0.436 e. The van der Waals surface area contributed by atoms with Gasteiger partial charge in [0.25, 0.3) is 5.91 Å². The lowest BCUT2D eigenvalue weighted by atomic mass is 10.0. The van der Waals surface area contributed by atoms with E-state index >= 15 is 0 Å². The maximum Gasteiger partial charge on any atom is 0.417 e. The minimum atomic E-state index is -4.40. The number of nitriles is 1. The topological polar surface area (TPSA) is 95.0 Å². The average molecular weight is 560 g/mol. The van der Waals surface area contributed by atoms with Crippen molar-refractivity contribution in [3.05, 3.63) is 77.0 Å². The second-order valence-corrected chi connectivity index (χ2v) is 10.8. The van der Waals surface area contributed by atoms with Crippen LogP contribution in [0.3, 0.4) is 0 Å². The Morgan fingerprint density at radius 1 is 1.07 bits per heavy atom. The van der Waals surface area contributed by atoms with Crippen molar-refractivity contribution in [3.8, 4) is 17.5 Å². The van der Waals surface area contributed by atoms with E-state index in [2.05, 4.69) is 21.4 Å². The van der Waals surface area contributed by atoms with Gasteiger partial charge in [0.1, 0.15) is 11.3 Å². The summed E-state index contributed by atoms with van der Waals surface area (Å²) in [5.74, 6) is 1.49. The molecule has 4 aromatic rings. The number of alkyl halides is 3. The van der Waals surface area contributed by atoms with E-state index in [1.54, 1.807) is 18.2 Å². The van der Waals surface area contributed by atoms with Crippen LogP contribution in [-0.4, -0.2) is 35.5 Å². The third-order valence-corrected chi connectivity index (χ3v) is 7.86. The summed E-state index contributed by atoms with van der Waals surface area (Å²) in [6.45, 7) is 1.89. The number of carbonyl (C=O) groups is 1. The smallest absolute Gasteiger partial charge is 0.417 e. The number of hydrogen-bond acceptors (Lipinski definition) is 6. The number of benzene rings is 2. The molecule has 0 radical (unpaired) electrons. The van der Waals surface area contributed by atoms with Crippen molar-refractivity contribution in [3.63, 3.8) is 0 Å². The number of halogens is 3. The minimum Gasteiger partial charge on any atom is -0.436 e. The first kappa shape index (κ1) is 26.8. The minimum absolute atomic E-state index is 0.172. The number of amides is 1. The maximum atomic E-state index is 12.9. The van der Waals surface area contributed by atoms with Gasteiger partial charge in [0.05, 0.1) is 17.2 Å². The lowest BCUT2D eigenvalue weighted by Gasteiger charge is -2.22. The molecule has 0 bridgehead atoms. The van der Waals surface area contributed by atoms with Crippen LogP contribution < -0.4 is 10.2 Å². The predicted molar refractivity (Wildman–Crippen MR) is 147 cm³/mol. The van der Waals surface area contributed by atoms with Crippen LogP contribution >= 0.6 is 0 Å². The Hall–Kier alpha value is -4.39. The fourth-order valence-electron chi connectivity index (χ4n) is 5.39. The lowest BCUT2D eigenvalue weighted by molar-refractivity contribution is -0.137. The van der Waals surface area contributed by atoms with Crippen molar-refractivity contribution < 1.29 is 22.4 Å². The third kappa shape index (κ3) is 5.89. The summed E-state index contributed by atoms with van der Waals surface area (Å²) < 4.78 is 44.6. The highest BCUT2D eigenvalue weighted by Gasteiger charge is 2.31. The van der Waals surface area contributed by atoms with Crippen LogP contribution in [0.25, 0.3) is 22.6 Å². The Labute approximate surface area is 235 Å². The number of pyridine rings is 1. The SMILES string of the molecule is N#Cc1cc(C2CC2)c2oc(-c3ccc(C(=O)NCC4CCCN(c5ccc(C(F)(F)F)cn5)CC4)cc3)nc2c1. The van der Waals surface area contributed by atoms with E-state index in [9.17, 15) is 23.2 Å². The first-order valence-electron chi connectivity index (χ1n) is 13.8. The first-order valence-corrected chi connectivity index (χ1v) is 13.8. The molecule has 2 aliphatic rings. The summed E-state index contributed by atoms with van der Waals surface area (Å²) in [7, 11) is 0. The van der Waals surface area contributed by atoms with Crippen molar-refractivity contribution in [1.82, 2.24) is 15.3 Å². The van der Waals surface area contributed by atoms with Crippen molar-refractivity contribution in [2.45, 2.75) is 44.2 Å². The Balaban J connectivity index is 1.05. The molecule has 210 valence electrons. The quantitative estimate of drug-likeness (QED) is 0.283. The van der Waals surface area contributed by atoms with E-state index in [0.29, 0.717) is 53.9 Å². The van der Waals surface area contributed by atoms with Crippen LogP contribution in [0.1, 0.15) is 65.1 Å². The first-order chi connectivity index (χ1) is 19.8.